The van der Waals surface area contributed by atoms with Crippen molar-refractivity contribution in [1.82, 2.24) is 14.8 Å². The first kappa shape index (κ1) is 22.3. The number of piperazine rings is 1. The van der Waals surface area contributed by atoms with Gasteiger partial charge in [-0.2, -0.15) is 0 Å². The molecule has 2 saturated heterocycles. The highest BCUT2D eigenvalue weighted by molar-refractivity contribution is 5.91. The zero-order valence-electron chi connectivity index (χ0n) is 18.9. The summed E-state index contributed by atoms with van der Waals surface area (Å²) in [5.74, 6) is 1.27. The quantitative estimate of drug-likeness (QED) is 0.753. The molecule has 0 bridgehead atoms. The summed E-state index contributed by atoms with van der Waals surface area (Å²) in [5, 5.41) is 3.49. The number of likely N-dealkylation sites (tertiary alicyclic amines) is 1. The highest BCUT2D eigenvalue weighted by atomic mass is 16.6. The molecule has 3 heterocycles. The average molecular weight is 418 g/mol. The Kier molecular flexibility index (Phi) is 6.85. The number of anilines is 2. The molecule has 1 aromatic rings. The van der Waals surface area contributed by atoms with Crippen LogP contribution in [0.2, 0.25) is 0 Å². The van der Waals surface area contributed by atoms with Gasteiger partial charge < -0.3 is 24.8 Å². The number of amides is 1. The van der Waals surface area contributed by atoms with E-state index in [4.69, 9.17) is 9.72 Å². The smallest absolute Gasteiger partial charge is 0.338 e. The molecule has 2 aliphatic rings. The second kappa shape index (κ2) is 9.20. The van der Waals surface area contributed by atoms with Crippen molar-refractivity contribution in [2.75, 3.05) is 56.5 Å². The van der Waals surface area contributed by atoms with Gasteiger partial charge in [0.1, 0.15) is 17.2 Å². The Morgan fingerprint density at radius 2 is 1.70 bits per heavy atom. The minimum Gasteiger partial charge on any atom is -0.456 e. The first-order valence-electron chi connectivity index (χ1n) is 10.8. The van der Waals surface area contributed by atoms with Crippen LogP contribution in [0.25, 0.3) is 0 Å². The van der Waals surface area contributed by atoms with E-state index in [-0.39, 0.29) is 17.9 Å². The third kappa shape index (κ3) is 6.08. The topological polar surface area (TPSA) is 78.0 Å². The maximum absolute atomic E-state index is 12.8. The summed E-state index contributed by atoms with van der Waals surface area (Å²) >= 11 is 0. The van der Waals surface area contributed by atoms with E-state index >= 15 is 0 Å². The molecule has 166 valence electrons. The van der Waals surface area contributed by atoms with Crippen molar-refractivity contribution in [2.24, 2.45) is 0 Å². The van der Waals surface area contributed by atoms with Crippen molar-refractivity contribution in [3.63, 3.8) is 0 Å². The van der Waals surface area contributed by atoms with Gasteiger partial charge in [0.2, 0.25) is 5.91 Å². The Balaban J connectivity index is 1.79. The lowest BCUT2D eigenvalue weighted by atomic mass is 10.0. The summed E-state index contributed by atoms with van der Waals surface area (Å²) in [7, 11) is 2.11. The van der Waals surface area contributed by atoms with E-state index in [0.29, 0.717) is 11.4 Å². The van der Waals surface area contributed by atoms with Gasteiger partial charge in [-0.15, -0.1) is 0 Å². The Morgan fingerprint density at radius 1 is 1.07 bits per heavy atom. The van der Waals surface area contributed by atoms with Crippen molar-refractivity contribution < 1.29 is 14.3 Å². The zero-order valence-corrected chi connectivity index (χ0v) is 18.9. The van der Waals surface area contributed by atoms with Crippen LogP contribution < -0.4 is 10.2 Å². The molecule has 1 N–H and O–H groups in total. The molecule has 0 spiro atoms. The van der Waals surface area contributed by atoms with Crippen LogP contribution in [0, 0.1) is 0 Å². The van der Waals surface area contributed by atoms with Crippen molar-refractivity contribution >= 4 is 23.5 Å². The first-order valence-corrected chi connectivity index (χ1v) is 10.8. The summed E-state index contributed by atoms with van der Waals surface area (Å²) in [6.07, 6.45) is 1.73. The fraction of sp³-hybridized carbons (Fsp3) is 0.682. The van der Waals surface area contributed by atoms with Gasteiger partial charge in [-0.25, -0.2) is 9.78 Å². The molecular weight excluding hydrogens is 382 g/mol. The van der Waals surface area contributed by atoms with Crippen molar-refractivity contribution in [3.8, 4) is 0 Å². The molecule has 0 radical (unpaired) electrons. The average Bonchev–Trinajstić information content (AvgIpc) is 2.67. The van der Waals surface area contributed by atoms with E-state index in [0.717, 1.165) is 57.9 Å². The fourth-order valence-corrected chi connectivity index (χ4v) is 3.79. The van der Waals surface area contributed by atoms with E-state index < -0.39 is 5.60 Å². The third-order valence-electron chi connectivity index (χ3n) is 5.57. The molecule has 8 heteroatoms. The molecule has 30 heavy (non-hydrogen) atoms. The number of piperidine rings is 1. The normalized spacial score (nSPS) is 19.0. The molecule has 0 atom stereocenters. The molecular formula is C22H35N5O3. The van der Waals surface area contributed by atoms with Crippen LogP contribution in [0.5, 0.6) is 0 Å². The van der Waals surface area contributed by atoms with Gasteiger partial charge in [0, 0.05) is 52.2 Å². The third-order valence-corrected chi connectivity index (χ3v) is 5.57. The molecule has 2 aliphatic heterocycles. The number of likely N-dealkylation sites (N-methyl/N-ethyl adjacent to an activating group) is 1. The van der Waals surface area contributed by atoms with Crippen LogP contribution in [-0.4, -0.2) is 84.6 Å². The lowest BCUT2D eigenvalue weighted by molar-refractivity contribution is -0.129. The maximum Gasteiger partial charge on any atom is 0.338 e. The van der Waals surface area contributed by atoms with Crippen LogP contribution in [0.3, 0.4) is 0 Å². The van der Waals surface area contributed by atoms with E-state index in [2.05, 4.69) is 22.2 Å². The van der Waals surface area contributed by atoms with Crippen LogP contribution in [0.15, 0.2) is 12.1 Å². The van der Waals surface area contributed by atoms with Crippen LogP contribution in [0.1, 0.15) is 50.9 Å². The van der Waals surface area contributed by atoms with Gasteiger partial charge in [0.15, 0.2) is 0 Å². The highest BCUT2D eigenvalue weighted by Crippen LogP contribution is 2.24. The second-order valence-corrected chi connectivity index (χ2v) is 9.32. The number of nitrogens with zero attached hydrogens (tertiary/aromatic N) is 4. The molecule has 1 aromatic heterocycles. The predicted molar refractivity (Wildman–Crippen MR) is 118 cm³/mol. The molecule has 1 amide bonds. The Bertz CT molecular complexity index is 761. The van der Waals surface area contributed by atoms with Crippen molar-refractivity contribution in [1.29, 1.82) is 0 Å². The fourth-order valence-electron chi connectivity index (χ4n) is 3.79. The minimum atomic E-state index is -0.554. The molecule has 3 rings (SSSR count). The van der Waals surface area contributed by atoms with Gasteiger partial charge in [-0.3, -0.25) is 4.79 Å². The summed E-state index contributed by atoms with van der Waals surface area (Å²) in [6.45, 7) is 12.4. The van der Waals surface area contributed by atoms with Gasteiger partial charge in [-0.1, -0.05) is 0 Å². The van der Waals surface area contributed by atoms with Crippen molar-refractivity contribution in [3.05, 3.63) is 17.7 Å². The summed E-state index contributed by atoms with van der Waals surface area (Å²) in [5.41, 5.74) is -0.0425. The maximum atomic E-state index is 12.8. The Hall–Kier alpha value is -2.35. The highest BCUT2D eigenvalue weighted by Gasteiger charge is 2.24. The number of rotatable bonds is 4. The Labute approximate surface area is 179 Å². The van der Waals surface area contributed by atoms with Gasteiger partial charge in [-0.05, 0) is 52.8 Å². The van der Waals surface area contributed by atoms with E-state index in [1.807, 2.05) is 31.7 Å². The Morgan fingerprint density at radius 3 is 2.27 bits per heavy atom. The monoisotopic (exact) mass is 417 g/mol. The molecule has 0 unspecified atom stereocenters. The van der Waals surface area contributed by atoms with Crippen LogP contribution in [0.4, 0.5) is 11.6 Å². The van der Waals surface area contributed by atoms with Gasteiger partial charge >= 0.3 is 5.97 Å². The number of hydrogen-bond donors (Lipinski definition) is 1. The van der Waals surface area contributed by atoms with Crippen LogP contribution in [-0.2, 0) is 9.53 Å². The van der Waals surface area contributed by atoms with E-state index in [9.17, 15) is 9.59 Å². The minimum absolute atomic E-state index is 0.121. The molecule has 0 aromatic carbocycles. The number of nitrogens with one attached hydrogen (secondary N) is 1. The van der Waals surface area contributed by atoms with E-state index in [1.165, 1.54) is 0 Å². The standard InChI is InChI=1S/C22H35N5O3/c1-16(28)26-8-6-18(7-9-26)23-19-14-17(21(29)30-22(2,3)4)15-20(24-19)27-12-10-25(5)11-13-27/h14-15,18H,6-13H2,1-5H3,(H,23,24). The summed E-state index contributed by atoms with van der Waals surface area (Å²) < 4.78 is 5.60. The molecule has 2 fully saturated rings. The first-order chi connectivity index (χ1) is 14.1. The number of pyridine rings is 1. The number of aromatic nitrogens is 1. The molecule has 0 aliphatic carbocycles. The lowest BCUT2D eigenvalue weighted by Crippen LogP contribution is -2.45. The van der Waals surface area contributed by atoms with Crippen molar-refractivity contribution in [2.45, 2.75) is 52.2 Å². The SMILES string of the molecule is CC(=O)N1CCC(Nc2cc(C(=O)OC(C)(C)C)cc(N3CCN(C)CC3)n2)CC1. The van der Waals surface area contributed by atoms with Gasteiger partial charge in [0.05, 0.1) is 5.56 Å². The number of carbonyl (C=O) groups is 2. The summed E-state index contributed by atoms with van der Waals surface area (Å²) in [4.78, 5) is 35.5. The largest absolute Gasteiger partial charge is 0.456 e. The number of carbonyl (C=O) groups excluding carboxylic acids is 2. The van der Waals surface area contributed by atoms with Gasteiger partial charge in [0.25, 0.3) is 0 Å². The number of esters is 1. The predicted octanol–water partition coefficient (Wildman–Crippen LogP) is 2.21. The summed E-state index contributed by atoms with van der Waals surface area (Å²) in [6, 6.07) is 3.84. The lowest BCUT2D eigenvalue weighted by Gasteiger charge is -2.34. The van der Waals surface area contributed by atoms with E-state index in [1.54, 1.807) is 13.0 Å². The molecule has 0 saturated carbocycles. The number of hydrogen-bond acceptors (Lipinski definition) is 7. The second-order valence-electron chi connectivity index (χ2n) is 9.32. The molecule has 8 nitrogen and oxygen atoms in total. The number of ether oxygens (including phenoxy) is 1. The zero-order chi connectivity index (χ0) is 21.9. The van der Waals surface area contributed by atoms with Crippen LogP contribution >= 0.6 is 0 Å².